The van der Waals surface area contributed by atoms with Crippen molar-refractivity contribution in [2.45, 2.75) is 31.6 Å². The molecule has 0 bridgehead atoms. The van der Waals surface area contributed by atoms with Crippen LogP contribution in [0.4, 0.5) is 17.1 Å². The molecule has 0 spiro atoms. The zero-order valence-electron chi connectivity index (χ0n) is 35.2. The Morgan fingerprint density at radius 1 is 0.339 bits per heavy atom. The Kier molecular flexibility index (Phi) is 8.08. The Labute approximate surface area is 364 Å². The number of hydrogen-bond acceptors (Lipinski definition) is 1. The highest BCUT2D eigenvalue weighted by Crippen LogP contribution is 2.56. The van der Waals surface area contributed by atoms with Crippen molar-refractivity contribution in [3.8, 4) is 44.5 Å². The highest BCUT2D eigenvalue weighted by molar-refractivity contribution is 6.12. The summed E-state index contributed by atoms with van der Waals surface area (Å²) < 4.78 is 0. The van der Waals surface area contributed by atoms with Crippen LogP contribution < -0.4 is 4.90 Å². The first-order valence-electron chi connectivity index (χ1n) is 21.8. The maximum Gasteiger partial charge on any atom is 0.0540 e. The van der Waals surface area contributed by atoms with E-state index >= 15 is 0 Å². The third-order valence-corrected chi connectivity index (χ3v) is 14.1. The number of para-hydroxylation sites is 1. The van der Waals surface area contributed by atoms with Crippen molar-refractivity contribution < 1.29 is 0 Å². The van der Waals surface area contributed by atoms with Gasteiger partial charge in [-0.2, -0.15) is 0 Å². The lowest BCUT2D eigenvalue weighted by atomic mass is 9.74. The second kappa shape index (κ2) is 13.8. The van der Waals surface area contributed by atoms with Crippen molar-refractivity contribution in [3.05, 3.63) is 246 Å². The van der Waals surface area contributed by atoms with E-state index in [1.165, 1.54) is 93.9 Å². The van der Waals surface area contributed by atoms with Crippen molar-refractivity contribution in [3.63, 3.8) is 0 Å². The first kappa shape index (κ1) is 36.4. The molecule has 0 saturated heterocycles. The summed E-state index contributed by atoms with van der Waals surface area (Å²) in [6.45, 7) is 7.19. The summed E-state index contributed by atoms with van der Waals surface area (Å²) in [4.78, 5) is 2.52. The summed E-state index contributed by atoms with van der Waals surface area (Å²) in [6.07, 6.45) is 0. The quantitative estimate of drug-likeness (QED) is 0.152. The van der Waals surface area contributed by atoms with Crippen molar-refractivity contribution in [1.29, 1.82) is 0 Å². The van der Waals surface area contributed by atoms with E-state index < -0.39 is 0 Å². The van der Waals surface area contributed by atoms with E-state index in [4.69, 9.17) is 0 Å². The lowest BCUT2D eigenvalue weighted by molar-refractivity contribution is 0.662. The van der Waals surface area contributed by atoms with Crippen molar-refractivity contribution >= 4 is 38.6 Å². The fraction of sp³-hybridized carbons (Fsp3) is 0.0820. The molecule has 10 aromatic carbocycles. The first-order valence-corrected chi connectivity index (χ1v) is 21.8. The minimum atomic E-state index is -0.335. The molecule has 10 aromatic rings. The van der Waals surface area contributed by atoms with Crippen molar-refractivity contribution in [2.24, 2.45) is 0 Å². The van der Waals surface area contributed by atoms with E-state index in [2.05, 4.69) is 244 Å². The molecule has 0 aromatic heterocycles. The third kappa shape index (κ3) is 5.28. The number of fused-ring (bicyclic) bond motifs is 9. The van der Waals surface area contributed by atoms with Gasteiger partial charge in [0.15, 0.2) is 0 Å². The van der Waals surface area contributed by atoms with Crippen molar-refractivity contribution in [2.75, 3.05) is 4.90 Å². The number of nitrogens with zero attached hydrogens (tertiary/aromatic N) is 1. The van der Waals surface area contributed by atoms with E-state index in [1.54, 1.807) is 0 Å². The van der Waals surface area contributed by atoms with Crippen LogP contribution in [0.15, 0.2) is 218 Å². The standard InChI is InChI=1S/C61H45N/c1-60(2)55-31-12-9-25-50(55)53-29-17-30-54(59(53)60)52-26-11-14-33-58(52)62(43-22-15-19-41(38-43)46-27-16-28-47-45-23-8-7-18-40(45)34-36-48(46)47)44-35-37-51-49-24-10-13-32-56(49)61(3,57(51)39-44)42-20-5-4-6-21-42/h4-39H,1-3H3. The monoisotopic (exact) mass is 791 g/mol. The van der Waals surface area contributed by atoms with E-state index in [0.717, 1.165) is 17.1 Å². The predicted molar refractivity (Wildman–Crippen MR) is 262 cm³/mol. The van der Waals surface area contributed by atoms with Crippen LogP contribution in [0.5, 0.6) is 0 Å². The molecule has 0 N–H and O–H groups in total. The molecular weight excluding hydrogens is 747 g/mol. The highest BCUT2D eigenvalue weighted by Gasteiger charge is 2.42. The normalized spacial score (nSPS) is 15.5. The van der Waals surface area contributed by atoms with E-state index in [9.17, 15) is 0 Å². The van der Waals surface area contributed by atoms with Gasteiger partial charge in [0.25, 0.3) is 0 Å². The Hall–Kier alpha value is -7.48. The molecule has 0 aliphatic heterocycles. The van der Waals surface area contributed by atoms with Gasteiger partial charge in [0.1, 0.15) is 0 Å². The van der Waals surface area contributed by atoms with Gasteiger partial charge in [-0.3, -0.25) is 0 Å². The van der Waals surface area contributed by atoms with Gasteiger partial charge >= 0.3 is 0 Å². The maximum atomic E-state index is 2.52. The molecule has 0 saturated carbocycles. The molecule has 1 atom stereocenters. The highest BCUT2D eigenvalue weighted by atomic mass is 15.1. The van der Waals surface area contributed by atoms with Gasteiger partial charge in [0.05, 0.1) is 5.69 Å². The maximum absolute atomic E-state index is 2.52. The summed E-state index contributed by atoms with van der Waals surface area (Å²) in [7, 11) is 0. The van der Waals surface area contributed by atoms with Crippen molar-refractivity contribution in [1.82, 2.24) is 0 Å². The Balaban J connectivity index is 1.10. The number of anilines is 3. The number of benzene rings is 10. The van der Waals surface area contributed by atoms with Gasteiger partial charge in [-0.25, -0.2) is 0 Å². The second-order valence-electron chi connectivity index (χ2n) is 17.8. The molecule has 1 heteroatoms. The van der Waals surface area contributed by atoms with E-state index in [-0.39, 0.29) is 10.8 Å². The SMILES string of the molecule is CC1(C)c2ccccc2-c2cccc(-c3ccccc3N(c3cccc(-c4cccc5c4ccc4ccccc45)c3)c3ccc4c(c3)C(C)(c3ccccc3)c3ccccc3-4)c21. The summed E-state index contributed by atoms with van der Waals surface area (Å²) in [5, 5.41) is 5.06. The average molecular weight is 792 g/mol. The average Bonchev–Trinajstić information content (AvgIpc) is 3.73. The molecule has 0 heterocycles. The Morgan fingerprint density at radius 2 is 0.919 bits per heavy atom. The van der Waals surface area contributed by atoms with Gasteiger partial charge in [-0.1, -0.05) is 202 Å². The smallest absolute Gasteiger partial charge is 0.0540 e. The topological polar surface area (TPSA) is 3.24 Å². The fourth-order valence-corrected chi connectivity index (χ4v) is 11.2. The summed E-state index contributed by atoms with van der Waals surface area (Å²) in [6, 6.07) is 81.3. The zero-order valence-corrected chi connectivity index (χ0v) is 35.2. The summed E-state index contributed by atoms with van der Waals surface area (Å²) >= 11 is 0. The lowest BCUT2D eigenvalue weighted by Crippen LogP contribution is -2.23. The van der Waals surface area contributed by atoms with Crippen LogP contribution in [0.2, 0.25) is 0 Å². The molecule has 1 unspecified atom stereocenters. The summed E-state index contributed by atoms with van der Waals surface area (Å²) in [5.41, 5.74) is 19.7. The van der Waals surface area contributed by atoms with Crippen LogP contribution in [0.3, 0.4) is 0 Å². The Morgan fingerprint density at radius 3 is 1.76 bits per heavy atom. The zero-order chi connectivity index (χ0) is 41.6. The molecule has 62 heavy (non-hydrogen) atoms. The molecule has 2 aliphatic carbocycles. The first-order chi connectivity index (χ1) is 30.4. The van der Waals surface area contributed by atoms with Crippen LogP contribution in [0, 0.1) is 0 Å². The second-order valence-corrected chi connectivity index (χ2v) is 17.8. The van der Waals surface area contributed by atoms with Crippen LogP contribution in [-0.2, 0) is 10.8 Å². The van der Waals surface area contributed by atoms with Gasteiger partial charge in [-0.15, -0.1) is 0 Å². The summed E-state index contributed by atoms with van der Waals surface area (Å²) in [5.74, 6) is 0. The molecule has 12 rings (SSSR count). The van der Waals surface area contributed by atoms with Crippen LogP contribution in [0.1, 0.15) is 48.6 Å². The number of hydrogen-bond donors (Lipinski definition) is 0. The molecule has 0 radical (unpaired) electrons. The molecule has 1 nitrogen and oxygen atoms in total. The lowest BCUT2D eigenvalue weighted by Gasteiger charge is -2.32. The van der Waals surface area contributed by atoms with E-state index in [1.807, 2.05) is 0 Å². The van der Waals surface area contributed by atoms with Gasteiger partial charge < -0.3 is 4.90 Å². The van der Waals surface area contributed by atoms with E-state index in [0.29, 0.717) is 0 Å². The van der Waals surface area contributed by atoms with Crippen LogP contribution >= 0.6 is 0 Å². The minimum Gasteiger partial charge on any atom is -0.310 e. The van der Waals surface area contributed by atoms with Crippen LogP contribution in [0.25, 0.3) is 66.1 Å². The van der Waals surface area contributed by atoms with Crippen LogP contribution in [-0.4, -0.2) is 0 Å². The molecule has 0 amide bonds. The molecule has 294 valence electrons. The third-order valence-electron chi connectivity index (χ3n) is 14.1. The molecular formula is C61H45N. The Bertz CT molecular complexity index is 3410. The fourth-order valence-electron chi connectivity index (χ4n) is 11.2. The molecule has 0 fully saturated rings. The largest absolute Gasteiger partial charge is 0.310 e. The molecule has 2 aliphatic rings. The number of rotatable bonds is 6. The predicted octanol–water partition coefficient (Wildman–Crippen LogP) is 16.4. The van der Waals surface area contributed by atoms with Gasteiger partial charge in [0, 0.05) is 27.8 Å². The van der Waals surface area contributed by atoms with Gasteiger partial charge in [0.2, 0.25) is 0 Å². The minimum absolute atomic E-state index is 0.171. The van der Waals surface area contributed by atoms with Gasteiger partial charge in [-0.05, 0) is 126 Å².